The average molecular weight is 1410 g/mol. The molecule has 27 heteroatoms. The molecular formula is C73H96F2N7O17P. The van der Waals surface area contributed by atoms with Crippen molar-refractivity contribution in [2.24, 2.45) is 23.6 Å². The summed E-state index contributed by atoms with van der Waals surface area (Å²) in [7, 11) is -3.99. The van der Waals surface area contributed by atoms with E-state index in [1.54, 1.807) is 14.0 Å². The van der Waals surface area contributed by atoms with Gasteiger partial charge in [0.1, 0.15) is 18.1 Å². The zero-order chi connectivity index (χ0) is 73.3. The number of esters is 2. The Morgan fingerprint density at radius 2 is 1.36 bits per heavy atom. The van der Waals surface area contributed by atoms with Crippen LogP contribution in [0.25, 0.3) is 11.0 Å². The van der Waals surface area contributed by atoms with Crippen molar-refractivity contribution in [3.05, 3.63) is 147 Å². The summed E-state index contributed by atoms with van der Waals surface area (Å²) in [6.07, 6.45) is 9.57. The van der Waals surface area contributed by atoms with E-state index in [0.717, 1.165) is 77.9 Å². The molecule has 0 saturated carbocycles. The minimum atomic E-state index is -5.67. The molecule has 5 N–H and O–H groups in total. The summed E-state index contributed by atoms with van der Waals surface area (Å²) in [6.45, 7) is 17.6. The van der Waals surface area contributed by atoms with Gasteiger partial charge in [0.15, 0.2) is 0 Å². The fourth-order valence-corrected chi connectivity index (χ4v) is 12.8. The maximum Gasteiger partial charge on any atom is 0.410 e. The first kappa shape index (κ1) is 79.1. The molecule has 1 aromatic heterocycles. The smallest absolute Gasteiger partial charge is 0.410 e. The highest BCUT2D eigenvalue weighted by Crippen LogP contribution is 2.65. The van der Waals surface area contributed by atoms with Crippen LogP contribution in [0.3, 0.4) is 0 Å². The molecule has 4 heterocycles. The van der Waals surface area contributed by atoms with Crippen LogP contribution < -0.4 is 32.3 Å². The lowest BCUT2D eigenvalue weighted by Gasteiger charge is -2.31. The number of allylic oxidation sites excluding steroid dienone is 6. The number of nitrogens with one attached hydrogen (secondary N) is 3. The normalized spacial score (nSPS) is 17.7. The summed E-state index contributed by atoms with van der Waals surface area (Å²) in [6, 6.07) is 15.8. The molecule has 100 heavy (non-hydrogen) atoms. The molecule has 0 bridgehead atoms. The Morgan fingerprint density at radius 3 is 1.96 bits per heavy atom. The molecule has 24 nitrogen and oxygen atoms in total. The third kappa shape index (κ3) is 20.9. The van der Waals surface area contributed by atoms with Gasteiger partial charge in [-0.15, -0.1) is 0 Å². The quantitative estimate of drug-likeness (QED) is 0.00626. The van der Waals surface area contributed by atoms with Crippen LogP contribution in [-0.2, 0) is 115 Å². The molecule has 6 amide bonds. The van der Waals surface area contributed by atoms with Crippen molar-refractivity contribution in [1.82, 2.24) is 25.1 Å². The minimum absolute atomic E-state index is 0.0544. The van der Waals surface area contributed by atoms with Gasteiger partial charge in [-0.1, -0.05) is 73.3 Å². The Balaban J connectivity index is 0.863. The zero-order valence-corrected chi connectivity index (χ0v) is 59.8. The van der Waals surface area contributed by atoms with Gasteiger partial charge in [0.2, 0.25) is 49.0 Å². The number of rotatable bonds is 36. The molecule has 544 valence electrons. The number of carbonyl (C=O) groups is 8. The Hall–Kier alpha value is -8.26. The largest absolute Gasteiger partial charge is 0.438 e. The number of nitrogens with two attached hydrogens (primary N) is 1. The summed E-state index contributed by atoms with van der Waals surface area (Å²) in [5, 5.41) is 8.18. The summed E-state index contributed by atoms with van der Waals surface area (Å²) < 4.78 is 87.6. The second-order valence-corrected chi connectivity index (χ2v) is 29.5. The van der Waals surface area contributed by atoms with E-state index in [9.17, 15) is 47.7 Å². The number of unbranched alkanes of at least 4 members (excludes halogenated alkanes) is 1. The molecule has 5 atom stereocenters. The molecule has 1 saturated heterocycles. The zero-order valence-electron chi connectivity index (χ0n) is 58.9. The van der Waals surface area contributed by atoms with Gasteiger partial charge < -0.3 is 40.1 Å². The van der Waals surface area contributed by atoms with Crippen LogP contribution in [0.5, 0.6) is 0 Å². The van der Waals surface area contributed by atoms with Gasteiger partial charge in [-0.3, -0.25) is 71.3 Å². The average Bonchev–Trinajstić information content (AvgIpc) is 1.59. The van der Waals surface area contributed by atoms with E-state index in [1.165, 1.54) is 81.6 Å². The number of hydrogen-bond donors (Lipinski definition) is 4. The van der Waals surface area contributed by atoms with Gasteiger partial charge in [0, 0.05) is 64.4 Å². The highest BCUT2D eigenvalue weighted by molar-refractivity contribution is 7.55. The van der Waals surface area contributed by atoms with Crippen LogP contribution in [-0.4, -0.2) is 126 Å². The molecule has 1 fully saturated rings. The first-order valence-corrected chi connectivity index (χ1v) is 35.3. The number of fused-ring (bicyclic) bond motifs is 1. The number of nitrogens with zero attached hydrogens (tertiary/aromatic N) is 3. The summed E-state index contributed by atoms with van der Waals surface area (Å²) in [4.78, 5) is 119. The van der Waals surface area contributed by atoms with E-state index in [-0.39, 0.29) is 67.9 Å². The second kappa shape index (κ2) is 35.4. The van der Waals surface area contributed by atoms with Crippen molar-refractivity contribution >= 4 is 71.7 Å². The van der Waals surface area contributed by atoms with Crippen molar-refractivity contribution in [1.29, 1.82) is 0 Å². The van der Waals surface area contributed by atoms with E-state index < -0.39 is 115 Å². The molecular weight excluding hydrogens is 1320 g/mol. The number of imide groups is 1. The number of ether oxygens (including phenoxy) is 5. The van der Waals surface area contributed by atoms with Crippen LogP contribution in [0.2, 0.25) is 0 Å². The first-order valence-electron chi connectivity index (χ1n) is 33.8. The van der Waals surface area contributed by atoms with Crippen molar-refractivity contribution in [2.45, 2.75) is 188 Å². The molecule has 3 aromatic carbocycles. The van der Waals surface area contributed by atoms with Crippen LogP contribution in [0, 0.1) is 10.8 Å². The Bertz CT molecular complexity index is 3830. The first-order chi connectivity index (χ1) is 47.2. The van der Waals surface area contributed by atoms with Crippen molar-refractivity contribution in [3.63, 3.8) is 0 Å². The number of carbonyl (C=O) groups excluding carboxylic acids is 8. The molecule has 1 unspecified atom stereocenters. The third-order valence-corrected chi connectivity index (χ3v) is 19.4. The van der Waals surface area contributed by atoms with Crippen molar-refractivity contribution in [2.75, 3.05) is 44.9 Å². The maximum atomic E-state index is 16.4. The second-order valence-electron chi connectivity index (χ2n) is 27.4. The number of amides is 6. The van der Waals surface area contributed by atoms with Crippen LogP contribution in [0.1, 0.15) is 154 Å². The van der Waals surface area contributed by atoms with E-state index in [0.29, 0.717) is 50.1 Å². The Labute approximate surface area is 582 Å². The SMILES string of the molecule is C=C\C(=C/C=C(C)/C(C)=C/C(=O)N[C@H]1CCc2cccc3c2N(C1=O)[C@H](C(=O)N[C@@H](CCC(N)=O)[C@@H](C)OCc1ccc(CCCOCCCCOCCCc2ccc4c(c2)n(C)c(=O)n4C2CCC(=O)NC2=O)cc1)C3)C(F)(F)P(=O)(OCOC(=O)C(C)(C)C)OCOC(=O)C(C)(C)C. The van der Waals surface area contributed by atoms with Gasteiger partial charge in [0.25, 0.3) is 0 Å². The molecule has 4 aromatic rings. The highest BCUT2D eigenvalue weighted by atomic mass is 31.2. The van der Waals surface area contributed by atoms with Gasteiger partial charge in [-0.25, -0.2) is 4.79 Å². The molecule has 3 aliphatic heterocycles. The number of anilines is 1. The maximum absolute atomic E-state index is 16.4. The summed E-state index contributed by atoms with van der Waals surface area (Å²) in [5.74, 6) is -4.79. The number of para-hydroxylation sites is 1. The summed E-state index contributed by atoms with van der Waals surface area (Å²) in [5.41, 5.74) is 4.91. The summed E-state index contributed by atoms with van der Waals surface area (Å²) >= 11 is 0. The minimum Gasteiger partial charge on any atom is -0.438 e. The van der Waals surface area contributed by atoms with E-state index >= 15 is 8.78 Å². The topological polar surface area (TPSA) is 311 Å². The molecule has 0 radical (unpaired) electrons. The third-order valence-electron chi connectivity index (χ3n) is 17.6. The van der Waals surface area contributed by atoms with Crippen LogP contribution in [0.15, 0.2) is 113 Å². The van der Waals surface area contributed by atoms with Gasteiger partial charge in [-0.05, 0) is 178 Å². The number of hydrogen-bond acceptors (Lipinski definition) is 17. The Morgan fingerprint density at radius 1 is 0.770 bits per heavy atom. The number of benzene rings is 3. The predicted molar refractivity (Wildman–Crippen MR) is 370 cm³/mol. The lowest BCUT2D eigenvalue weighted by Crippen LogP contribution is -2.56. The number of aromatic nitrogens is 2. The van der Waals surface area contributed by atoms with Gasteiger partial charge in [0.05, 0.1) is 46.3 Å². The Kier molecular flexibility index (Phi) is 28.0. The fraction of sp³-hybridized carbons (Fsp3) is 0.521. The number of halogens is 2. The molecule has 0 aliphatic carbocycles. The van der Waals surface area contributed by atoms with E-state index in [2.05, 4.69) is 22.5 Å². The van der Waals surface area contributed by atoms with Gasteiger partial charge >= 0.3 is 30.9 Å². The predicted octanol–water partition coefficient (Wildman–Crippen LogP) is 9.66. The molecule has 0 spiro atoms. The van der Waals surface area contributed by atoms with Crippen molar-refractivity contribution in [3.8, 4) is 0 Å². The lowest BCUT2D eigenvalue weighted by atomic mass is 9.98. The van der Waals surface area contributed by atoms with Gasteiger partial charge in [-0.2, -0.15) is 8.78 Å². The molecule has 3 aliphatic rings. The van der Waals surface area contributed by atoms with E-state index in [4.69, 9.17) is 38.5 Å². The van der Waals surface area contributed by atoms with Crippen LogP contribution >= 0.6 is 7.60 Å². The highest BCUT2D eigenvalue weighted by Gasteiger charge is 2.56. The number of aryl methyl sites for hydroxylation is 4. The standard InChI is InChI=1S/C73H96F2N7O17P/c1-12-54(73(74,75)100(92,98-44-96-68(89)71(5,6)7)99-45-97-69(90)72(8,9)10)29-22-46(2)47(3)40-63(85)77-56-30-28-52-20-15-21-53-42-60(82(64(52)53)67(56)88)66(87)78-55(31-34-61(76)83)48(4)95-43-51-25-23-49(24-26-51)18-16-38-93-36-13-14-37-94-39-17-19-50-27-32-57-59(41-50)80(11)70(91)81(57)58-33-35-62(84)79-65(58)86/h12,15,20-27,29,32,40-41,48,55-56,58,60H,1,13-14,16-19,28,30-31,33-39,42-45H2,2-11H3,(H2,76,83)(H,77,85)(H,78,87)(H,79,84,86)/b46-22+,47-40+,54-29+/t48-,55+,56+,58?,60+/m1/s1. The number of piperidine rings is 1. The number of primary amides is 1. The van der Waals surface area contributed by atoms with E-state index in [1.807, 2.05) is 60.7 Å². The van der Waals surface area contributed by atoms with Crippen molar-refractivity contribution < 1.29 is 84.4 Å². The van der Waals surface area contributed by atoms with Crippen LogP contribution in [0.4, 0.5) is 14.5 Å². The molecule has 7 rings (SSSR count). The monoisotopic (exact) mass is 1410 g/mol. The fourth-order valence-electron chi connectivity index (χ4n) is 11.5. The lowest BCUT2D eigenvalue weighted by molar-refractivity contribution is -0.163. The number of alkyl halides is 2. The number of imidazole rings is 1.